The number of methoxy groups -OCH3 is 3. The van der Waals surface area contributed by atoms with E-state index >= 15 is 0 Å². The first kappa shape index (κ1) is 17.4. The third-order valence-corrected chi connectivity index (χ3v) is 3.34. The quantitative estimate of drug-likeness (QED) is 0.784. The predicted molar refractivity (Wildman–Crippen MR) is 86.5 cm³/mol. The summed E-state index contributed by atoms with van der Waals surface area (Å²) in [4.78, 5) is 23.3. The second kappa shape index (κ2) is 8.05. The lowest BCUT2D eigenvalue weighted by Gasteiger charge is -2.09. The van der Waals surface area contributed by atoms with Gasteiger partial charge in [-0.1, -0.05) is 6.07 Å². The number of benzene rings is 1. The Morgan fingerprint density at radius 3 is 2.46 bits per heavy atom. The summed E-state index contributed by atoms with van der Waals surface area (Å²) >= 11 is 0. The van der Waals surface area contributed by atoms with Gasteiger partial charge < -0.3 is 18.6 Å². The van der Waals surface area contributed by atoms with Crippen LogP contribution in [0.5, 0.6) is 11.5 Å². The minimum atomic E-state index is -0.596. The standard InChI is InChI=1S/C17H19NO6/c1-21-12-6-4-11(10-14(12)22-2)5-8-15(19)18-16-9-7-13(24-16)17(20)23-3/h4,6-7,9-10H,5,8H2,1-3H3,(H,18,19). The monoisotopic (exact) mass is 333 g/mol. The van der Waals surface area contributed by atoms with Gasteiger partial charge in [0.2, 0.25) is 17.6 Å². The van der Waals surface area contributed by atoms with Crippen LogP contribution in [-0.4, -0.2) is 33.2 Å². The first-order valence-corrected chi connectivity index (χ1v) is 7.26. The molecule has 1 aromatic heterocycles. The zero-order chi connectivity index (χ0) is 17.5. The molecule has 7 heteroatoms. The minimum Gasteiger partial charge on any atom is -0.493 e. The van der Waals surface area contributed by atoms with Gasteiger partial charge in [0.05, 0.1) is 21.3 Å². The molecular weight excluding hydrogens is 314 g/mol. The van der Waals surface area contributed by atoms with E-state index in [1.165, 1.54) is 19.2 Å². The molecule has 0 unspecified atom stereocenters. The normalized spacial score (nSPS) is 10.1. The van der Waals surface area contributed by atoms with E-state index in [0.717, 1.165) is 5.56 Å². The van der Waals surface area contributed by atoms with Crippen LogP contribution in [0.2, 0.25) is 0 Å². The van der Waals surface area contributed by atoms with Gasteiger partial charge in [0.25, 0.3) is 0 Å². The van der Waals surface area contributed by atoms with Crippen molar-refractivity contribution in [3.8, 4) is 11.5 Å². The highest BCUT2D eigenvalue weighted by atomic mass is 16.5. The molecule has 0 radical (unpaired) electrons. The van der Waals surface area contributed by atoms with Crippen LogP contribution in [0.15, 0.2) is 34.7 Å². The number of anilines is 1. The molecule has 1 N–H and O–H groups in total. The number of hydrogen-bond acceptors (Lipinski definition) is 6. The summed E-state index contributed by atoms with van der Waals surface area (Å²) in [6.45, 7) is 0. The van der Waals surface area contributed by atoms with E-state index in [-0.39, 0.29) is 24.0 Å². The molecule has 1 amide bonds. The molecule has 0 aliphatic carbocycles. The maximum Gasteiger partial charge on any atom is 0.374 e. The SMILES string of the molecule is COC(=O)c1ccc(NC(=O)CCc2ccc(OC)c(OC)c2)o1. The van der Waals surface area contributed by atoms with Crippen LogP contribution in [0.3, 0.4) is 0 Å². The number of rotatable bonds is 7. The maximum absolute atomic E-state index is 12.0. The average Bonchev–Trinajstić information content (AvgIpc) is 3.07. The summed E-state index contributed by atoms with van der Waals surface area (Å²) in [5, 5.41) is 2.59. The van der Waals surface area contributed by atoms with E-state index in [9.17, 15) is 9.59 Å². The van der Waals surface area contributed by atoms with Crippen molar-refractivity contribution in [3.63, 3.8) is 0 Å². The number of aryl methyl sites for hydroxylation is 1. The molecule has 2 aromatic rings. The molecule has 7 nitrogen and oxygen atoms in total. The largest absolute Gasteiger partial charge is 0.493 e. The number of furan rings is 1. The van der Waals surface area contributed by atoms with Crippen LogP contribution >= 0.6 is 0 Å². The van der Waals surface area contributed by atoms with Crippen LogP contribution in [0.1, 0.15) is 22.5 Å². The molecule has 1 heterocycles. The van der Waals surface area contributed by atoms with Gasteiger partial charge in [0.15, 0.2) is 11.5 Å². The lowest BCUT2D eigenvalue weighted by atomic mass is 10.1. The molecule has 2 rings (SSSR count). The molecule has 24 heavy (non-hydrogen) atoms. The van der Waals surface area contributed by atoms with Gasteiger partial charge >= 0.3 is 5.97 Å². The van der Waals surface area contributed by atoms with E-state index < -0.39 is 5.97 Å². The summed E-state index contributed by atoms with van der Waals surface area (Å²) in [5.74, 6) is 0.664. The molecule has 0 atom stereocenters. The van der Waals surface area contributed by atoms with Gasteiger partial charge in [-0.3, -0.25) is 10.1 Å². The number of carbonyl (C=O) groups excluding carboxylic acids is 2. The second-order valence-electron chi connectivity index (χ2n) is 4.89. The number of hydrogen-bond donors (Lipinski definition) is 1. The van der Waals surface area contributed by atoms with Crippen LogP contribution in [0, 0.1) is 0 Å². The zero-order valence-electron chi connectivity index (χ0n) is 13.8. The summed E-state index contributed by atoms with van der Waals surface area (Å²) in [5.41, 5.74) is 0.942. The zero-order valence-corrected chi connectivity index (χ0v) is 13.8. The highest BCUT2D eigenvalue weighted by Crippen LogP contribution is 2.28. The molecule has 0 saturated carbocycles. The second-order valence-corrected chi connectivity index (χ2v) is 4.89. The van der Waals surface area contributed by atoms with Crippen molar-refractivity contribution in [2.45, 2.75) is 12.8 Å². The summed E-state index contributed by atoms with van der Waals surface area (Å²) in [6.07, 6.45) is 0.778. The Labute approximate surface area is 139 Å². The smallest absolute Gasteiger partial charge is 0.374 e. The van der Waals surface area contributed by atoms with Crippen molar-refractivity contribution in [1.29, 1.82) is 0 Å². The van der Waals surface area contributed by atoms with E-state index in [0.29, 0.717) is 17.9 Å². The van der Waals surface area contributed by atoms with Crippen LogP contribution in [0.25, 0.3) is 0 Å². The van der Waals surface area contributed by atoms with Gasteiger partial charge in [-0.2, -0.15) is 0 Å². The Balaban J connectivity index is 1.91. The fourth-order valence-corrected chi connectivity index (χ4v) is 2.11. The first-order valence-electron chi connectivity index (χ1n) is 7.26. The molecule has 0 fully saturated rings. The Hall–Kier alpha value is -2.96. The molecule has 0 aliphatic heterocycles. The van der Waals surface area contributed by atoms with Crippen molar-refractivity contribution < 1.29 is 28.2 Å². The van der Waals surface area contributed by atoms with Crippen LogP contribution in [0.4, 0.5) is 5.88 Å². The van der Waals surface area contributed by atoms with Crippen molar-refractivity contribution in [1.82, 2.24) is 0 Å². The van der Waals surface area contributed by atoms with E-state index in [1.807, 2.05) is 12.1 Å². The Morgan fingerprint density at radius 2 is 1.79 bits per heavy atom. The Morgan fingerprint density at radius 1 is 1.04 bits per heavy atom. The van der Waals surface area contributed by atoms with Gasteiger partial charge in [0.1, 0.15) is 0 Å². The van der Waals surface area contributed by atoms with E-state index in [4.69, 9.17) is 13.9 Å². The lowest BCUT2D eigenvalue weighted by Crippen LogP contribution is -2.11. The van der Waals surface area contributed by atoms with Crippen LogP contribution in [-0.2, 0) is 16.0 Å². The lowest BCUT2D eigenvalue weighted by molar-refractivity contribution is -0.116. The third-order valence-electron chi connectivity index (χ3n) is 3.34. The fraction of sp³-hybridized carbons (Fsp3) is 0.294. The third kappa shape index (κ3) is 4.28. The fourth-order valence-electron chi connectivity index (χ4n) is 2.11. The highest BCUT2D eigenvalue weighted by molar-refractivity contribution is 5.91. The van der Waals surface area contributed by atoms with Crippen molar-refractivity contribution >= 4 is 17.8 Å². The molecule has 0 aliphatic rings. The molecule has 128 valence electrons. The van der Waals surface area contributed by atoms with Gasteiger partial charge in [-0.15, -0.1) is 0 Å². The molecule has 0 spiro atoms. The Bertz CT molecular complexity index is 722. The molecule has 0 saturated heterocycles. The molecule has 1 aromatic carbocycles. The van der Waals surface area contributed by atoms with Crippen molar-refractivity contribution in [2.75, 3.05) is 26.6 Å². The summed E-state index contributed by atoms with van der Waals surface area (Å²) in [7, 11) is 4.38. The molecule has 0 bridgehead atoms. The predicted octanol–water partition coefficient (Wildman–Crippen LogP) is 2.65. The number of ether oxygens (including phenoxy) is 3. The first-order chi connectivity index (χ1) is 11.6. The minimum absolute atomic E-state index is 0.0349. The maximum atomic E-state index is 12.0. The number of esters is 1. The number of amides is 1. The van der Waals surface area contributed by atoms with Gasteiger partial charge in [0, 0.05) is 12.5 Å². The van der Waals surface area contributed by atoms with Gasteiger partial charge in [-0.25, -0.2) is 4.79 Å². The number of nitrogens with one attached hydrogen (secondary N) is 1. The van der Waals surface area contributed by atoms with E-state index in [1.54, 1.807) is 20.3 Å². The number of carbonyl (C=O) groups is 2. The summed E-state index contributed by atoms with van der Waals surface area (Å²) < 4.78 is 20.1. The topological polar surface area (TPSA) is 87.0 Å². The highest BCUT2D eigenvalue weighted by Gasteiger charge is 2.13. The van der Waals surface area contributed by atoms with E-state index in [2.05, 4.69) is 10.1 Å². The van der Waals surface area contributed by atoms with Crippen molar-refractivity contribution in [3.05, 3.63) is 41.7 Å². The van der Waals surface area contributed by atoms with Crippen LogP contribution < -0.4 is 14.8 Å². The Kier molecular flexibility index (Phi) is 5.83. The van der Waals surface area contributed by atoms with Crippen molar-refractivity contribution in [2.24, 2.45) is 0 Å². The van der Waals surface area contributed by atoms with Gasteiger partial charge in [-0.05, 0) is 30.2 Å². The molecular formula is C17H19NO6. The average molecular weight is 333 g/mol. The summed E-state index contributed by atoms with van der Waals surface area (Å²) in [6, 6.07) is 8.43.